The third-order valence-corrected chi connectivity index (χ3v) is 2.70. The number of nitro benzene ring substituents is 1. The Morgan fingerprint density at radius 2 is 2.11 bits per heavy atom. The van der Waals surface area contributed by atoms with Crippen LogP contribution >= 0.6 is 0 Å². The van der Waals surface area contributed by atoms with Gasteiger partial charge in [0, 0.05) is 17.2 Å². The molecule has 1 aromatic carbocycles. The van der Waals surface area contributed by atoms with E-state index in [0.29, 0.717) is 17.5 Å². The number of nitrogens with one attached hydrogen (secondary N) is 1. The van der Waals surface area contributed by atoms with Crippen LogP contribution in [0.15, 0.2) is 18.2 Å². The molecule has 0 amide bonds. The van der Waals surface area contributed by atoms with Crippen molar-refractivity contribution in [2.24, 2.45) is 0 Å². The summed E-state index contributed by atoms with van der Waals surface area (Å²) in [5.41, 5.74) is 0.468. The van der Waals surface area contributed by atoms with Gasteiger partial charge < -0.3 is 5.32 Å². The quantitative estimate of drug-likeness (QED) is 0.477. The van der Waals surface area contributed by atoms with Crippen molar-refractivity contribution in [2.75, 3.05) is 5.32 Å². The molecular formula is C13H18N2O3. The van der Waals surface area contributed by atoms with Crippen LogP contribution in [-0.2, 0) is 0 Å². The lowest BCUT2D eigenvalue weighted by molar-refractivity contribution is -0.384. The summed E-state index contributed by atoms with van der Waals surface area (Å²) < 4.78 is 0. The number of hydrogen-bond acceptors (Lipinski definition) is 4. The molecule has 0 fully saturated rings. The number of benzene rings is 1. The largest absolute Gasteiger partial charge is 0.375 e. The van der Waals surface area contributed by atoms with Crippen molar-refractivity contribution in [2.45, 2.75) is 39.2 Å². The minimum atomic E-state index is -0.475. The van der Waals surface area contributed by atoms with Crippen LogP contribution in [0.5, 0.6) is 0 Å². The molecule has 5 heteroatoms. The van der Waals surface area contributed by atoms with Gasteiger partial charge in [0.1, 0.15) is 12.0 Å². The van der Waals surface area contributed by atoms with Gasteiger partial charge in [0.15, 0.2) is 0 Å². The maximum absolute atomic E-state index is 11.0. The predicted molar refractivity (Wildman–Crippen MR) is 71.1 cm³/mol. The molecule has 0 saturated carbocycles. The Morgan fingerprint density at radius 3 is 2.61 bits per heavy atom. The van der Waals surface area contributed by atoms with Gasteiger partial charge in [-0.25, -0.2) is 0 Å². The number of nitro groups is 1. The highest BCUT2D eigenvalue weighted by Gasteiger charge is 2.22. The van der Waals surface area contributed by atoms with E-state index in [1.54, 1.807) is 12.1 Å². The Bertz CT molecular complexity index is 456. The van der Waals surface area contributed by atoms with Crippen LogP contribution in [0, 0.1) is 10.1 Å². The number of anilines is 1. The van der Waals surface area contributed by atoms with E-state index in [4.69, 9.17) is 0 Å². The Morgan fingerprint density at radius 1 is 1.44 bits per heavy atom. The molecule has 0 radical (unpaired) electrons. The molecule has 0 aliphatic rings. The number of rotatable bonds is 6. The van der Waals surface area contributed by atoms with Crippen molar-refractivity contribution in [3.05, 3.63) is 33.9 Å². The summed E-state index contributed by atoms with van der Waals surface area (Å²) >= 11 is 0. The number of nitrogens with zero attached hydrogens (tertiary/aromatic N) is 1. The molecule has 5 nitrogen and oxygen atoms in total. The minimum absolute atomic E-state index is 0.0659. The molecular weight excluding hydrogens is 232 g/mol. The van der Waals surface area contributed by atoms with Crippen LogP contribution in [0.4, 0.5) is 11.4 Å². The van der Waals surface area contributed by atoms with E-state index < -0.39 is 4.92 Å². The molecule has 0 aromatic heterocycles. The summed E-state index contributed by atoms with van der Waals surface area (Å²) in [4.78, 5) is 21.1. The molecule has 18 heavy (non-hydrogen) atoms. The Labute approximate surface area is 106 Å². The lowest BCUT2D eigenvalue weighted by atomic mass is 9.98. The smallest absolute Gasteiger partial charge is 0.293 e. The summed E-state index contributed by atoms with van der Waals surface area (Å²) in [6.45, 7) is 6.05. The predicted octanol–water partition coefficient (Wildman–Crippen LogP) is 3.40. The molecule has 98 valence electrons. The summed E-state index contributed by atoms with van der Waals surface area (Å²) in [6.07, 6.45) is 2.49. The van der Waals surface area contributed by atoms with Crippen molar-refractivity contribution in [1.82, 2.24) is 0 Å². The van der Waals surface area contributed by atoms with Crippen LogP contribution in [-0.4, -0.2) is 16.7 Å². The van der Waals surface area contributed by atoms with Gasteiger partial charge >= 0.3 is 0 Å². The second-order valence-electron chi connectivity index (χ2n) is 4.91. The van der Waals surface area contributed by atoms with Crippen molar-refractivity contribution in [3.8, 4) is 0 Å². The van der Waals surface area contributed by atoms with Gasteiger partial charge in [-0.15, -0.1) is 0 Å². The second-order valence-corrected chi connectivity index (χ2v) is 4.91. The zero-order valence-electron chi connectivity index (χ0n) is 10.9. The monoisotopic (exact) mass is 250 g/mol. The molecule has 1 rings (SSSR count). The van der Waals surface area contributed by atoms with Crippen LogP contribution in [0.2, 0.25) is 0 Å². The van der Waals surface area contributed by atoms with Gasteiger partial charge in [0.25, 0.3) is 5.69 Å². The van der Waals surface area contributed by atoms with E-state index in [0.717, 1.165) is 12.8 Å². The average Bonchev–Trinajstić information content (AvgIpc) is 2.28. The standard InChI is InChI=1S/C13H18N2O3/c1-4-7-13(2,3)14-11-6-5-10(9-16)8-12(11)15(17)18/h5-6,8-9,14H,4,7H2,1-3H3. The molecule has 1 N–H and O–H groups in total. The van der Waals surface area contributed by atoms with E-state index in [2.05, 4.69) is 12.2 Å². The van der Waals surface area contributed by atoms with Crippen molar-refractivity contribution < 1.29 is 9.72 Å². The first-order valence-electron chi connectivity index (χ1n) is 5.91. The second kappa shape index (κ2) is 5.62. The molecule has 0 atom stereocenters. The summed E-state index contributed by atoms with van der Waals surface area (Å²) in [5.74, 6) is 0. The summed E-state index contributed by atoms with van der Waals surface area (Å²) in [6, 6.07) is 4.45. The fraction of sp³-hybridized carbons (Fsp3) is 0.462. The summed E-state index contributed by atoms with van der Waals surface area (Å²) in [7, 11) is 0. The highest BCUT2D eigenvalue weighted by Crippen LogP contribution is 2.29. The van der Waals surface area contributed by atoms with Crippen LogP contribution in [0.3, 0.4) is 0 Å². The maximum Gasteiger partial charge on any atom is 0.293 e. The van der Waals surface area contributed by atoms with E-state index in [9.17, 15) is 14.9 Å². The zero-order valence-corrected chi connectivity index (χ0v) is 10.9. The van der Waals surface area contributed by atoms with Gasteiger partial charge in [-0.2, -0.15) is 0 Å². The molecule has 0 aliphatic carbocycles. The molecule has 0 bridgehead atoms. The fourth-order valence-corrected chi connectivity index (χ4v) is 1.93. The van der Waals surface area contributed by atoms with E-state index in [1.807, 2.05) is 13.8 Å². The lowest BCUT2D eigenvalue weighted by Crippen LogP contribution is -2.30. The van der Waals surface area contributed by atoms with Crippen LogP contribution in [0.1, 0.15) is 44.0 Å². The lowest BCUT2D eigenvalue weighted by Gasteiger charge is -2.26. The van der Waals surface area contributed by atoms with Gasteiger partial charge in [0.2, 0.25) is 0 Å². The Hall–Kier alpha value is -1.91. The van der Waals surface area contributed by atoms with Crippen molar-refractivity contribution in [3.63, 3.8) is 0 Å². The molecule has 0 saturated heterocycles. The Kier molecular flexibility index (Phi) is 4.42. The Balaban J connectivity index is 3.08. The molecule has 0 unspecified atom stereocenters. The van der Waals surface area contributed by atoms with E-state index in [-0.39, 0.29) is 11.2 Å². The fourth-order valence-electron chi connectivity index (χ4n) is 1.93. The van der Waals surface area contributed by atoms with E-state index >= 15 is 0 Å². The molecule has 0 spiro atoms. The van der Waals surface area contributed by atoms with Gasteiger partial charge in [-0.1, -0.05) is 13.3 Å². The van der Waals surface area contributed by atoms with Gasteiger partial charge in [-0.05, 0) is 32.4 Å². The molecule has 1 aromatic rings. The summed E-state index contributed by atoms with van der Waals surface area (Å²) in [5, 5.41) is 14.1. The SMILES string of the molecule is CCCC(C)(C)Nc1ccc(C=O)cc1[N+](=O)[O-]. The van der Waals surface area contributed by atoms with Crippen LogP contribution < -0.4 is 5.32 Å². The van der Waals surface area contributed by atoms with Crippen molar-refractivity contribution in [1.29, 1.82) is 0 Å². The van der Waals surface area contributed by atoms with E-state index in [1.165, 1.54) is 6.07 Å². The minimum Gasteiger partial charge on any atom is -0.375 e. The van der Waals surface area contributed by atoms with Crippen molar-refractivity contribution >= 4 is 17.7 Å². The number of carbonyl (C=O) groups excluding carboxylic acids is 1. The first-order valence-corrected chi connectivity index (χ1v) is 5.91. The van der Waals surface area contributed by atoms with Gasteiger partial charge in [0.05, 0.1) is 4.92 Å². The zero-order chi connectivity index (χ0) is 13.8. The highest BCUT2D eigenvalue weighted by molar-refractivity contribution is 5.79. The molecule has 0 heterocycles. The number of hydrogen-bond donors (Lipinski definition) is 1. The third kappa shape index (κ3) is 3.55. The third-order valence-electron chi connectivity index (χ3n) is 2.70. The maximum atomic E-state index is 11.0. The first kappa shape index (κ1) is 14.2. The highest BCUT2D eigenvalue weighted by atomic mass is 16.6. The first-order chi connectivity index (χ1) is 8.39. The average molecular weight is 250 g/mol. The van der Waals surface area contributed by atoms with Crippen LogP contribution in [0.25, 0.3) is 0 Å². The number of carbonyl (C=O) groups is 1. The van der Waals surface area contributed by atoms with Gasteiger partial charge in [-0.3, -0.25) is 14.9 Å². The topological polar surface area (TPSA) is 72.2 Å². The molecule has 0 aliphatic heterocycles. The number of aldehydes is 1. The normalized spacial score (nSPS) is 11.1.